The van der Waals surface area contributed by atoms with Gasteiger partial charge in [-0.05, 0) is 37.2 Å². The number of hydrogen-bond acceptors (Lipinski definition) is 3. The maximum Gasteiger partial charge on any atom is 0.248 e. The number of hydrogen-bond donors (Lipinski definition) is 0. The van der Waals surface area contributed by atoms with Crippen LogP contribution in [0.25, 0.3) is 0 Å². The summed E-state index contributed by atoms with van der Waals surface area (Å²) in [6.45, 7) is 2.61. The molecule has 1 heterocycles. The number of methoxy groups -OCH3 is 1. The molecule has 23 heavy (non-hydrogen) atoms. The Balaban J connectivity index is 1.62. The topological polar surface area (TPSA) is 38.8 Å². The van der Waals surface area contributed by atoms with Gasteiger partial charge in [-0.3, -0.25) is 4.79 Å². The molecule has 1 aliphatic carbocycles. The molecule has 126 valence electrons. The second kappa shape index (κ2) is 7.93. The molecule has 0 unspecified atom stereocenters. The molecule has 2 fully saturated rings. The number of amides is 1. The maximum atomic E-state index is 12.1. The van der Waals surface area contributed by atoms with E-state index in [-0.39, 0.29) is 18.6 Å². The first-order valence-corrected chi connectivity index (χ1v) is 8.68. The summed E-state index contributed by atoms with van der Waals surface area (Å²) in [7, 11) is 1.57. The van der Waals surface area contributed by atoms with Gasteiger partial charge >= 0.3 is 0 Å². The molecule has 0 bridgehead atoms. The minimum atomic E-state index is 0.0891. The standard InChI is InChI=1S/C19H27NO3/c1-22-14-19(21)20-10-9-18(23-13-16-7-8-16)17(12-20)11-15-5-3-2-4-6-15/h2-6,16-18H,7-14H2,1H3/t17-,18-/m1/s1. The number of rotatable bonds is 7. The summed E-state index contributed by atoms with van der Waals surface area (Å²) in [6, 6.07) is 10.5. The normalized spacial score (nSPS) is 24.7. The van der Waals surface area contributed by atoms with Crippen molar-refractivity contribution in [2.75, 3.05) is 33.4 Å². The maximum absolute atomic E-state index is 12.1. The van der Waals surface area contributed by atoms with E-state index in [0.29, 0.717) is 5.92 Å². The van der Waals surface area contributed by atoms with Gasteiger partial charge in [0.05, 0.1) is 6.10 Å². The highest BCUT2D eigenvalue weighted by molar-refractivity contribution is 5.77. The number of benzene rings is 1. The van der Waals surface area contributed by atoms with Crippen LogP contribution in [0, 0.1) is 11.8 Å². The molecule has 0 aromatic heterocycles. The average molecular weight is 317 g/mol. The van der Waals surface area contributed by atoms with E-state index in [1.165, 1.54) is 18.4 Å². The third kappa shape index (κ3) is 4.79. The van der Waals surface area contributed by atoms with Gasteiger partial charge in [-0.25, -0.2) is 0 Å². The lowest BCUT2D eigenvalue weighted by Crippen LogP contribution is -2.48. The lowest BCUT2D eigenvalue weighted by molar-refractivity contribution is -0.140. The fourth-order valence-electron chi connectivity index (χ4n) is 3.33. The Hall–Kier alpha value is -1.39. The zero-order chi connectivity index (χ0) is 16.1. The Morgan fingerprint density at radius 3 is 2.70 bits per heavy atom. The summed E-state index contributed by atoms with van der Waals surface area (Å²) in [5, 5.41) is 0. The summed E-state index contributed by atoms with van der Waals surface area (Å²) < 4.78 is 11.2. The lowest BCUT2D eigenvalue weighted by atomic mass is 9.88. The predicted octanol–water partition coefficient (Wildman–Crippen LogP) is 2.52. The first-order valence-electron chi connectivity index (χ1n) is 8.68. The first-order chi connectivity index (χ1) is 11.3. The highest BCUT2D eigenvalue weighted by atomic mass is 16.5. The molecule has 0 spiro atoms. The molecule has 1 aromatic carbocycles. The van der Waals surface area contributed by atoms with E-state index in [1.54, 1.807) is 7.11 Å². The number of likely N-dealkylation sites (tertiary alicyclic amines) is 1. The van der Waals surface area contributed by atoms with Crippen molar-refractivity contribution in [2.45, 2.75) is 31.8 Å². The van der Waals surface area contributed by atoms with Crippen molar-refractivity contribution < 1.29 is 14.3 Å². The average Bonchev–Trinajstić information content (AvgIpc) is 3.39. The monoisotopic (exact) mass is 317 g/mol. The molecule has 4 nitrogen and oxygen atoms in total. The minimum Gasteiger partial charge on any atom is -0.377 e. The zero-order valence-electron chi connectivity index (χ0n) is 13.9. The Morgan fingerprint density at radius 1 is 1.22 bits per heavy atom. The highest BCUT2D eigenvalue weighted by Crippen LogP contribution is 2.31. The summed E-state index contributed by atoms with van der Waals surface area (Å²) in [6.07, 6.45) is 4.79. The molecular weight excluding hydrogens is 290 g/mol. The van der Waals surface area contributed by atoms with Gasteiger partial charge in [0.2, 0.25) is 5.91 Å². The van der Waals surface area contributed by atoms with Gasteiger partial charge < -0.3 is 14.4 Å². The third-order valence-electron chi connectivity index (χ3n) is 4.87. The summed E-state index contributed by atoms with van der Waals surface area (Å²) >= 11 is 0. The van der Waals surface area contributed by atoms with Gasteiger partial charge in [-0.1, -0.05) is 30.3 Å². The fourth-order valence-corrected chi connectivity index (χ4v) is 3.33. The molecule has 1 aliphatic heterocycles. The molecular formula is C19H27NO3. The van der Waals surface area contributed by atoms with E-state index < -0.39 is 0 Å². The molecule has 1 saturated heterocycles. The van der Waals surface area contributed by atoms with E-state index >= 15 is 0 Å². The third-order valence-corrected chi connectivity index (χ3v) is 4.87. The van der Waals surface area contributed by atoms with Crippen molar-refractivity contribution in [1.29, 1.82) is 0 Å². The number of carbonyl (C=O) groups is 1. The summed E-state index contributed by atoms with van der Waals surface area (Å²) in [5.74, 6) is 1.23. The fraction of sp³-hybridized carbons (Fsp3) is 0.632. The van der Waals surface area contributed by atoms with Crippen LogP contribution >= 0.6 is 0 Å². The van der Waals surface area contributed by atoms with E-state index in [1.807, 2.05) is 11.0 Å². The van der Waals surface area contributed by atoms with Gasteiger partial charge in [0.25, 0.3) is 0 Å². The number of nitrogens with zero attached hydrogens (tertiary/aromatic N) is 1. The van der Waals surface area contributed by atoms with E-state index in [9.17, 15) is 4.79 Å². The lowest BCUT2D eigenvalue weighted by Gasteiger charge is -2.38. The largest absolute Gasteiger partial charge is 0.377 e. The second-order valence-corrected chi connectivity index (χ2v) is 6.83. The van der Waals surface area contributed by atoms with Gasteiger partial charge in [-0.15, -0.1) is 0 Å². The predicted molar refractivity (Wildman–Crippen MR) is 89.2 cm³/mol. The van der Waals surface area contributed by atoms with E-state index in [0.717, 1.165) is 38.5 Å². The Labute approximate surface area is 138 Å². The molecule has 1 saturated carbocycles. The summed E-state index contributed by atoms with van der Waals surface area (Å²) in [5.41, 5.74) is 1.32. The van der Waals surface area contributed by atoms with Gasteiger partial charge in [0.15, 0.2) is 0 Å². The zero-order valence-corrected chi connectivity index (χ0v) is 13.9. The van der Waals surface area contributed by atoms with Crippen LogP contribution in [-0.4, -0.2) is 50.3 Å². The molecule has 4 heteroatoms. The van der Waals surface area contributed by atoms with Crippen LogP contribution in [0.5, 0.6) is 0 Å². The quantitative estimate of drug-likeness (QED) is 0.776. The van der Waals surface area contributed by atoms with Crippen LogP contribution in [0.15, 0.2) is 30.3 Å². The van der Waals surface area contributed by atoms with Crippen molar-refractivity contribution in [1.82, 2.24) is 4.90 Å². The van der Waals surface area contributed by atoms with E-state index in [2.05, 4.69) is 24.3 Å². The van der Waals surface area contributed by atoms with Crippen molar-refractivity contribution in [3.63, 3.8) is 0 Å². The van der Waals surface area contributed by atoms with Crippen molar-refractivity contribution in [3.8, 4) is 0 Å². The number of carbonyl (C=O) groups excluding carboxylic acids is 1. The van der Waals surface area contributed by atoms with Crippen LogP contribution in [0.1, 0.15) is 24.8 Å². The molecule has 1 aromatic rings. The Kier molecular flexibility index (Phi) is 5.68. The second-order valence-electron chi connectivity index (χ2n) is 6.83. The van der Waals surface area contributed by atoms with Crippen molar-refractivity contribution in [3.05, 3.63) is 35.9 Å². The smallest absolute Gasteiger partial charge is 0.248 e. The van der Waals surface area contributed by atoms with Gasteiger partial charge in [-0.2, -0.15) is 0 Å². The molecule has 2 aliphatic rings. The molecule has 0 radical (unpaired) electrons. The minimum absolute atomic E-state index is 0.0891. The van der Waals surface area contributed by atoms with Crippen molar-refractivity contribution in [2.24, 2.45) is 11.8 Å². The highest BCUT2D eigenvalue weighted by Gasteiger charge is 2.33. The Morgan fingerprint density at radius 2 is 2.00 bits per heavy atom. The van der Waals surface area contributed by atoms with E-state index in [4.69, 9.17) is 9.47 Å². The molecule has 3 rings (SSSR count). The van der Waals surface area contributed by atoms with Gasteiger partial charge in [0.1, 0.15) is 6.61 Å². The molecule has 1 amide bonds. The van der Waals surface area contributed by atoms with Crippen LogP contribution < -0.4 is 0 Å². The van der Waals surface area contributed by atoms with Crippen LogP contribution in [0.3, 0.4) is 0 Å². The number of piperidine rings is 1. The van der Waals surface area contributed by atoms with Crippen LogP contribution in [0.4, 0.5) is 0 Å². The van der Waals surface area contributed by atoms with Crippen LogP contribution in [-0.2, 0) is 20.7 Å². The Bertz CT molecular complexity index is 501. The van der Waals surface area contributed by atoms with Crippen molar-refractivity contribution >= 4 is 5.91 Å². The van der Waals surface area contributed by atoms with Gasteiger partial charge in [0, 0.05) is 32.7 Å². The molecule has 2 atom stereocenters. The molecule has 0 N–H and O–H groups in total. The first kappa shape index (κ1) is 16.5. The van der Waals surface area contributed by atoms with Crippen LogP contribution in [0.2, 0.25) is 0 Å². The summed E-state index contributed by atoms with van der Waals surface area (Å²) in [4.78, 5) is 14.1. The number of ether oxygens (including phenoxy) is 2. The SMILES string of the molecule is COCC(=O)N1CC[C@@H](OCC2CC2)[C@H](Cc2ccccc2)C1.